The number of nitrogens with one attached hydrogen (secondary N) is 2. The molecule has 0 aromatic heterocycles. The molecule has 0 unspecified atom stereocenters. The van der Waals surface area contributed by atoms with Crippen LogP contribution in [0.4, 0.5) is 0 Å². The van der Waals surface area contributed by atoms with Gasteiger partial charge in [-0.3, -0.25) is 20.4 Å². The Balaban J connectivity index is 1.71. The van der Waals surface area contributed by atoms with Gasteiger partial charge in [0, 0.05) is 10.9 Å². The number of hydrazine groups is 1. The largest absolute Gasteiger partial charge is 0.484 e. The maximum Gasteiger partial charge on any atom is 0.276 e. The van der Waals surface area contributed by atoms with Crippen LogP contribution >= 0.6 is 11.6 Å². The van der Waals surface area contributed by atoms with E-state index in [2.05, 4.69) is 10.9 Å². The highest BCUT2D eigenvalue weighted by Gasteiger charge is 2.25. The van der Waals surface area contributed by atoms with Gasteiger partial charge in [0.2, 0.25) is 5.91 Å². The summed E-state index contributed by atoms with van der Waals surface area (Å²) in [7, 11) is 0. The summed E-state index contributed by atoms with van der Waals surface area (Å²) in [4.78, 5) is 23.0. The highest BCUT2D eigenvalue weighted by Crippen LogP contribution is 2.25. The maximum atomic E-state index is 11.5. The first kappa shape index (κ1) is 14.7. The van der Waals surface area contributed by atoms with Crippen molar-refractivity contribution in [3.8, 4) is 5.75 Å². The van der Waals surface area contributed by atoms with Crippen molar-refractivity contribution in [1.82, 2.24) is 10.9 Å². The molecule has 0 saturated heterocycles. The van der Waals surface area contributed by atoms with Crippen LogP contribution in [0.3, 0.4) is 0 Å². The number of carbonyl (C=O) groups excluding carboxylic acids is 2. The van der Waals surface area contributed by atoms with E-state index in [4.69, 9.17) is 16.3 Å². The monoisotopic (exact) mass is 296 g/mol. The molecule has 1 aliphatic rings. The Morgan fingerprint density at radius 1 is 1.35 bits per heavy atom. The van der Waals surface area contributed by atoms with Crippen molar-refractivity contribution in [2.24, 2.45) is 5.92 Å². The van der Waals surface area contributed by atoms with Crippen LogP contribution in [0.5, 0.6) is 5.75 Å². The summed E-state index contributed by atoms with van der Waals surface area (Å²) < 4.78 is 5.31. The molecule has 0 spiro atoms. The number of benzene rings is 1. The predicted octanol–water partition coefficient (Wildman–Crippen LogP) is 1.97. The molecule has 0 heterocycles. The molecule has 1 fully saturated rings. The number of amides is 2. The zero-order valence-corrected chi connectivity index (χ0v) is 12.0. The van der Waals surface area contributed by atoms with Gasteiger partial charge in [-0.25, -0.2) is 0 Å². The Kier molecular flexibility index (Phi) is 4.84. The third-order valence-corrected chi connectivity index (χ3v) is 3.72. The highest BCUT2D eigenvalue weighted by atomic mass is 35.5. The van der Waals surface area contributed by atoms with E-state index in [1.807, 2.05) is 6.92 Å². The topological polar surface area (TPSA) is 67.4 Å². The fourth-order valence-corrected chi connectivity index (χ4v) is 1.91. The molecule has 2 N–H and O–H groups in total. The molecule has 6 heteroatoms. The van der Waals surface area contributed by atoms with E-state index >= 15 is 0 Å². The van der Waals surface area contributed by atoms with E-state index in [9.17, 15) is 9.59 Å². The van der Waals surface area contributed by atoms with Gasteiger partial charge >= 0.3 is 0 Å². The summed E-state index contributed by atoms with van der Waals surface area (Å²) in [6, 6.07) is 5.15. The molecule has 1 aromatic rings. The quantitative estimate of drug-likeness (QED) is 0.835. The van der Waals surface area contributed by atoms with Gasteiger partial charge in [0.25, 0.3) is 5.91 Å². The Morgan fingerprint density at radius 3 is 2.70 bits per heavy atom. The zero-order chi connectivity index (χ0) is 14.5. The number of aryl methyl sites for hydroxylation is 1. The molecule has 108 valence electrons. The van der Waals surface area contributed by atoms with Gasteiger partial charge in [-0.2, -0.15) is 0 Å². The fraction of sp³-hybridized carbons (Fsp3) is 0.429. The summed E-state index contributed by atoms with van der Waals surface area (Å²) in [5, 5.41) is 0.648. The van der Waals surface area contributed by atoms with E-state index in [1.165, 1.54) is 0 Å². The molecule has 20 heavy (non-hydrogen) atoms. The first-order valence-electron chi connectivity index (χ1n) is 6.54. The zero-order valence-electron chi connectivity index (χ0n) is 11.2. The fourth-order valence-electron chi connectivity index (χ4n) is 1.80. The lowest BCUT2D eigenvalue weighted by molar-refractivity contribution is -0.133. The molecular weight excluding hydrogens is 280 g/mol. The Labute approximate surface area is 122 Å². The molecule has 2 rings (SSSR count). The highest BCUT2D eigenvalue weighted by molar-refractivity contribution is 6.31. The summed E-state index contributed by atoms with van der Waals surface area (Å²) in [6.07, 6.45) is 2.86. The number of halogens is 1. The van der Waals surface area contributed by atoms with Gasteiger partial charge in [-0.1, -0.05) is 18.0 Å². The standard InChI is InChI=1S/C14H17ClN2O3/c1-9-7-11(5-6-12(9)15)20-8-13(18)16-17-14(19)10-3-2-4-10/h5-7,10H,2-4,8H2,1H3,(H,16,18)(H,17,19). The third-order valence-electron chi connectivity index (χ3n) is 3.30. The number of hydrogen-bond donors (Lipinski definition) is 2. The van der Waals surface area contributed by atoms with E-state index in [1.54, 1.807) is 18.2 Å². The van der Waals surface area contributed by atoms with E-state index in [-0.39, 0.29) is 18.4 Å². The molecular formula is C14H17ClN2O3. The molecule has 1 aromatic carbocycles. The van der Waals surface area contributed by atoms with Crippen molar-refractivity contribution in [1.29, 1.82) is 0 Å². The first-order valence-corrected chi connectivity index (χ1v) is 6.91. The summed E-state index contributed by atoms with van der Waals surface area (Å²) in [6.45, 7) is 1.69. The van der Waals surface area contributed by atoms with Crippen LogP contribution in [0.1, 0.15) is 24.8 Å². The smallest absolute Gasteiger partial charge is 0.276 e. The minimum atomic E-state index is -0.398. The van der Waals surface area contributed by atoms with Crippen LogP contribution in [0.15, 0.2) is 18.2 Å². The summed E-state index contributed by atoms with van der Waals surface area (Å²) >= 11 is 5.89. The minimum Gasteiger partial charge on any atom is -0.484 e. The first-order chi connectivity index (χ1) is 9.56. The lowest BCUT2D eigenvalue weighted by atomic mass is 9.85. The van der Waals surface area contributed by atoms with E-state index < -0.39 is 5.91 Å². The summed E-state index contributed by atoms with van der Waals surface area (Å²) in [5.74, 6) is 0.0692. The van der Waals surface area contributed by atoms with E-state index in [0.717, 1.165) is 24.8 Å². The van der Waals surface area contributed by atoms with Crippen molar-refractivity contribution in [3.05, 3.63) is 28.8 Å². The third kappa shape index (κ3) is 3.87. The lowest BCUT2D eigenvalue weighted by Gasteiger charge is -2.23. The molecule has 1 aliphatic carbocycles. The van der Waals surface area contributed by atoms with Crippen molar-refractivity contribution < 1.29 is 14.3 Å². The van der Waals surface area contributed by atoms with Gasteiger partial charge in [-0.15, -0.1) is 0 Å². The number of ether oxygens (including phenoxy) is 1. The SMILES string of the molecule is Cc1cc(OCC(=O)NNC(=O)C2CCC2)ccc1Cl. The maximum absolute atomic E-state index is 11.5. The van der Waals surface area contributed by atoms with Crippen LogP contribution in [0, 0.1) is 12.8 Å². The summed E-state index contributed by atoms with van der Waals surface area (Å²) in [5.41, 5.74) is 5.62. The van der Waals surface area contributed by atoms with Gasteiger partial charge in [-0.05, 0) is 43.5 Å². The van der Waals surface area contributed by atoms with Crippen molar-refractivity contribution in [2.75, 3.05) is 6.61 Å². The number of rotatable bonds is 4. The molecule has 0 bridgehead atoms. The molecule has 0 aliphatic heterocycles. The second-order valence-electron chi connectivity index (χ2n) is 4.86. The average Bonchev–Trinajstić information content (AvgIpc) is 2.36. The Hall–Kier alpha value is -1.75. The van der Waals surface area contributed by atoms with Gasteiger partial charge < -0.3 is 4.74 Å². The molecule has 5 nitrogen and oxygen atoms in total. The normalized spacial score (nSPS) is 14.3. The van der Waals surface area contributed by atoms with Crippen molar-refractivity contribution in [3.63, 3.8) is 0 Å². The minimum absolute atomic E-state index is 0.0372. The van der Waals surface area contributed by atoms with Crippen LogP contribution in [-0.2, 0) is 9.59 Å². The molecule has 2 amide bonds. The molecule has 0 atom stereocenters. The molecule has 0 radical (unpaired) electrons. The van der Waals surface area contributed by atoms with E-state index in [0.29, 0.717) is 10.8 Å². The van der Waals surface area contributed by atoms with Gasteiger partial charge in [0.1, 0.15) is 5.75 Å². The number of hydrogen-bond acceptors (Lipinski definition) is 3. The predicted molar refractivity (Wildman–Crippen MR) is 75.3 cm³/mol. The Bertz CT molecular complexity index is 515. The van der Waals surface area contributed by atoms with Gasteiger partial charge in [0.15, 0.2) is 6.61 Å². The van der Waals surface area contributed by atoms with Crippen LogP contribution < -0.4 is 15.6 Å². The van der Waals surface area contributed by atoms with Crippen LogP contribution in [-0.4, -0.2) is 18.4 Å². The van der Waals surface area contributed by atoms with Crippen molar-refractivity contribution in [2.45, 2.75) is 26.2 Å². The second-order valence-corrected chi connectivity index (χ2v) is 5.27. The van der Waals surface area contributed by atoms with Crippen LogP contribution in [0.2, 0.25) is 5.02 Å². The Morgan fingerprint density at radius 2 is 2.10 bits per heavy atom. The van der Waals surface area contributed by atoms with Gasteiger partial charge in [0.05, 0.1) is 0 Å². The lowest BCUT2D eigenvalue weighted by Crippen LogP contribution is -2.47. The average molecular weight is 297 g/mol. The molecule has 1 saturated carbocycles. The van der Waals surface area contributed by atoms with Crippen LogP contribution in [0.25, 0.3) is 0 Å². The second kappa shape index (κ2) is 6.61. The van der Waals surface area contributed by atoms with Crippen molar-refractivity contribution >= 4 is 23.4 Å². The number of carbonyl (C=O) groups is 2.